The average Bonchev–Trinajstić information content (AvgIpc) is 3.16. The van der Waals surface area contributed by atoms with Gasteiger partial charge in [-0.15, -0.1) is 0 Å². The summed E-state index contributed by atoms with van der Waals surface area (Å²) in [6.45, 7) is 4.67. The Morgan fingerprint density at radius 2 is 0.836 bits per heavy atom. The van der Waals surface area contributed by atoms with E-state index in [0.29, 0.717) is 12.8 Å². The molecule has 0 aliphatic carbocycles. The van der Waals surface area contributed by atoms with Crippen molar-refractivity contribution in [2.24, 2.45) is 0 Å². The maximum atomic E-state index is 13.0. The first-order chi connectivity index (χ1) is 26.3. The van der Waals surface area contributed by atoms with Crippen molar-refractivity contribution in [2.45, 2.75) is 211 Å². The van der Waals surface area contributed by atoms with Crippen molar-refractivity contribution in [2.75, 3.05) is 13.2 Å². The Morgan fingerprint density at radius 3 is 1.20 bits per heavy atom. The van der Waals surface area contributed by atoms with Crippen molar-refractivity contribution in [3.8, 4) is 0 Å². The number of hydrogen-bond donors (Lipinski definition) is 0. The van der Waals surface area contributed by atoms with Crippen LogP contribution in [0.15, 0.2) is 47.4 Å². The molecule has 0 spiro atoms. The quantitative estimate of drug-likeness (QED) is 0.0217. The smallest absolute Gasteiger partial charge is 0.744 e. The van der Waals surface area contributed by atoms with Gasteiger partial charge in [0.1, 0.15) is 10.1 Å². The molecule has 1 rings (SSSR count). The number of carbonyl (C=O) groups is 2. The molecule has 0 saturated heterocycles. The number of esters is 2. The zero-order valence-corrected chi connectivity index (χ0v) is 38.3. The standard InChI is InChI=1S/C46H78O7S.Na/c1-3-5-7-9-11-13-15-17-19-21-23-25-27-29-31-33-35-40-52-45(47)42-38-37-39-43(54(49,50)51)44(42)46(48)53-41-36-34-32-30-28-26-24-22-20-18-16-14-12-10-8-6-4-2;/h7-10,37-39H,3-6,11-36,40-41H2,1-2H3,(H,49,50,51);/q;+1/p-1/b9-7+,10-8+;. The van der Waals surface area contributed by atoms with E-state index in [0.717, 1.165) is 44.6 Å². The Morgan fingerprint density at radius 1 is 0.509 bits per heavy atom. The SMILES string of the molecule is CCC/C=C/CCCCCCCCCCCCCCOC(=O)c1cccc(S(=O)(=O)[O-])c1C(=O)OCCCCCCCCCCCCCC/C=C/CCC.[Na+]. The van der Waals surface area contributed by atoms with E-state index in [9.17, 15) is 22.6 Å². The van der Waals surface area contributed by atoms with Crippen LogP contribution >= 0.6 is 0 Å². The fourth-order valence-corrected chi connectivity index (χ4v) is 7.36. The third kappa shape index (κ3) is 30.3. The summed E-state index contributed by atoms with van der Waals surface area (Å²) >= 11 is 0. The first kappa shape index (κ1) is 53.6. The van der Waals surface area contributed by atoms with Gasteiger partial charge in [0.25, 0.3) is 0 Å². The molecule has 310 valence electrons. The normalized spacial score (nSPS) is 11.7. The van der Waals surface area contributed by atoms with Crippen LogP contribution in [-0.2, 0) is 19.6 Å². The Balaban J connectivity index is 0.0000292. The average molecular weight is 797 g/mol. The molecule has 0 radical (unpaired) electrons. The van der Waals surface area contributed by atoms with Crippen LogP contribution < -0.4 is 29.6 Å². The molecule has 0 fully saturated rings. The van der Waals surface area contributed by atoms with Gasteiger partial charge in [-0.25, -0.2) is 18.0 Å². The van der Waals surface area contributed by atoms with E-state index in [-0.39, 0.29) is 48.3 Å². The van der Waals surface area contributed by atoms with Gasteiger partial charge in [0, 0.05) is 0 Å². The molecule has 0 saturated carbocycles. The van der Waals surface area contributed by atoms with Crippen molar-refractivity contribution in [1.29, 1.82) is 0 Å². The van der Waals surface area contributed by atoms with Gasteiger partial charge in [0.05, 0.1) is 29.2 Å². The van der Waals surface area contributed by atoms with Gasteiger partial charge in [0.15, 0.2) is 0 Å². The molecular formula is C46H77NaO7S. The van der Waals surface area contributed by atoms with Crippen LogP contribution in [-0.4, -0.2) is 38.1 Å². The zero-order chi connectivity index (χ0) is 39.4. The number of carbonyl (C=O) groups excluding carboxylic acids is 2. The molecule has 0 aliphatic heterocycles. The van der Waals surface area contributed by atoms with E-state index < -0.39 is 32.5 Å². The number of ether oxygens (including phenoxy) is 2. The van der Waals surface area contributed by atoms with Gasteiger partial charge in [-0.05, 0) is 63.5 Å². The fraction of sp³-hybridized carbons (Fsp3) is 0.739. The first-order valence-corrected chi connectivity index (χ1v) is 23.5. The van der Waals surface area contributed by atoms with Gasteiger partial charge in [-0.3, -0.25) is 0 Å². The molecule has 0 unspecified atom stereocenters. The summed E-state index contributed by atoms with van der Waals surface area (Å²) in [5, 5.41) is 0. The molecule has 0 bridgehead atoms. The monoisotopic (exact) mass is 797 g/mol. The predicted octanol–water partition coefficient (Wildman–Crippen LogP) is 10.8. The van der Waals surface area contributed by atoms with Crippen LogP contribution in [0.5, 0.6) is 0 Å². The Bertz CT molecular complexity index is 1240. The maximum absolute atomic E-state index is 13.0. The summed E-state index contributed by atoms with van der Waals surface area (Å²) in [5.74, 6) is -1.81. The van der Waals surface area contributed by atoms with E-state index in [1.165, 1.54) is 153 Å². The van der Waals surface area contributed by atoms with E-state index in [1.807, 2.05) is 0 Å². The van der Waals surface area contributed by atoms with Crippen LogP contribution in [0.3, 0.4) is 0 Å². The van der Waals surface area contributed by atoms with Crippen molar-refractivity contribution >= 4 is 22.1 Å². The predicted molar refractivity (Wildman–Crippen MR) is 223 cm³/mol. The summed E-state index contributed by atoms with van der Waals surface area (Å²) in [4.78, 5) is 25.2. The molecule has 55 heavy (non-hydrogen) atoms. The van der Waals surface area contributed by atoms with Gasteiger partial charge >= 0.3 is 41.5 Å². The van der Waals surface area contributed by atoms with Crippen LogP contribution in [0.1, 0.15) is 227 Å². The maximum Gasteiger partial charge on any atom is 1.00 e. The van der Waals surface area contributed by atoms with Crippen molar-refractivity contribution in [3.63, 3.8) is 0 Å². The zero-order valence-electron chi connectivity index (χ0n) is 35.4. The molecule has 0 atom stereocenters. The van der Waals surface area contributed by atoms with E-state index in [1.54, 1.807) is 0 Å². The number of benzene rings is 1. The number of rotatable bonds is 37. The van der Waals surface area contributed by atoms with E-state index in [4.69, 9.17) is 9.47 Å². The minimum atomic E-state index is -5.01. The van der Waals surface area contributed by atoms with Crippen LogP contribution in [0.4, 0.5) is 0 Å². The molecule has 1 aromatic rings. The first-order valence-electron chi connectivity index (χ1n) is 22.1. The summed E-state index contributed by atoms with van der Waals surface area (Å²) < 4.78 is 46.7. The Kier molecular flexibility index (Phi) is 37.1. The molecule has 7 nitrogen and oxygen atoms in total. The summed E-state index contributed by atoms with van der Waals surface area (Å²) in [6.07, 6.45) is 44.6. The molecule has 1 aromatic carbocycles. The van der Waals surface area contributed by atoms with E-state index in [2.05, 4.69) is 38.2 Å². The van der Waals surface area contributed by atoms with Crippen LogP contribution in [0, 0.1) is 0 Å². The molecule has 9 heteroatoms. The van der Waals surface area contributed by atoms with Crippen molar-refractivity contribution in [3.05, 3.63) is 53.6 Å². The third-order valence-electron chi connectivity index (χ3n) is 9.96. The Hall–Kier alpha value is -1.45. The molecule has 0 N–H and O–H groups in total. The summed E-state index contributed by atoms with van der Waals surface area (Å²) in [7, 11) is -5.01. The minimum Gasteiger partial charge on any atom is -0.744 e. The number of hydrogen-bond acceptors (Lipinski definition) is 7. The van der Waals surface area contributed by atoms with Gasteiger partial charge in [-0.2, -0.15) is 0 Å². The molecule has 0 aromatic heterocycles. The van der Waals surface area contributed by atoms with Crippen LogP contribution in [0.2, 0.25) is 0 Å². The number of allylic oxidation sites excluding steroid dienone is 4. The van der Waals surface area contributed by atoms with Gasteiger partial charge in [0.2, 0.25) is 0 Å². The van der Waals surface area contributed by atoms with Crippen molar-refractivity contribution < 1.29 is 61.6 Å². The largest absolute Gasteiger partial charge is 1.00 e. The Labute approximate surface area is 359 Å². The van der Waals surface area contributed by atoms with Gasteiger partial charge in [-0.1, -0.05) is 185 Å². The second-order valence-electron chi connectivity index (χ2n) is 15.0. The second kappa shape index (κ2) is 38.1. The van der Waals surface area contributed by atoms with Crippen LogP contribution in [0.25, 0.3) is 0 Å². The van der Waals surface area contributed by atoms with Gasteiger partial charge < -0.3 is 14.0 Å². The third-order valence-corrected chi connectivity index (χ3v) is 10.8. The molecule has 0 amide bonds. The van der Waals surface area contributed by atoms with E-state index >= 15 is 0 Å². The minimum absolute atomic E-state index is 0. The molecule has 0 heterocycles. The topological polar surface area (TPSA) is 110 Å². The summed E-state index contributed by atoms with van der Waals surface area (Å²) in [5.41, 5.74) is -0.777. The van der Waals surface area contributed by atoms with Crippen molar-refractivity contribution in [1.82, 2.24) is 0 Å². The second-order valence-corrected chi connectivity index (χ2v) is 16.3. The summed E-state index contributed by atoms with van der Waals surface area (Å²) in [6, 6.07) is 3.63. The fourth-order valence-electron chi connectivity index (χ4n) is 6.67. The molecular weight excluding hydrogens is 720 g/mol. The number of unbranched alkanes of at least 4 members (excludes halogenated alkanes) is 26. The molecule has 0 aliphatic rings.